The van der Waals surface area contributed by atoms with Gasteiger partial charge in [-0.2, -0.15) is 0 Å². The molecule has 0 spiro atoms. The van der Waals surface area contributed by atoms with E-state index >= 15 is 0 Å². The van der Waals surface area contributed by atoms with Gasteiger partial charge in [0, 0.05) is 0 Å². The lowest BCUT2D eigenvalue weighted by atomic mass is 10.2. The first-order valence-corrected chi connectivity index (χ1v) is 4.41. The zero-order valence-corrected chi connectivity index (χ0v) is 8.17. The van der Waals surface area contributed by atoms with E-state index in [4.69, 9.17) is 10.2 Å². The van der Waals surface area contributed by atoms with Crippen LogP contribution in [0.2, 0.25) is 0 Å². The molecule has 0 bridgehead atoms. The van der Waals surface area contributed by atoms with Crippen LogP contribution in [0, 0.1) is 0 Å². The second-order valence-corrected chi connectivity index (χ2v) is 3.32. The van der Waals surface area contributed by atoms with Crippen molar-refractivity contribution in [3.8, 4) is 0 Å². The third-order valence-electron chi connectivity index (χ3n) is 2.06. The number of hydrogen-bond donors (Lipinski definition) is 3. The van der Waals surface area contributed by atoms with Crippen LogP contribution in [0.1, 0.15) is 6.42 Å². The molecule has 0 aromatic rings. The molecule has 1 unspecified atom stereocenters. The second-order valence-electron chi connectivity index (χ2n) is 3.32. The summed E-state index contributed by atoms with van der Waals surface area (Å²) >= 11 is 0. The Labute approximate surface area is 89.8 Å². The Morgan fingerprint density at radius 1 is 1.25 bits per heavy atom. The summed E-state index contributed by atoms with van der Waals surface area (Å²) in [5, 5.41) is 19.1. The number of carbonyl (C=O) groups is 4. The lowest BCUT2D eigenvalue weighted by Gasteiger charge is -2.22. The Morgan fingerprint density at radius 2 is 1.75 bits per heavy atom. The lowest BCUT2D eigenvalue weighted by molar-refractivity contribution is -0.143. The van der Waals surface area contributed by atoms with Gasteiger partial charge in [-0.3, -0.25) is 29.4 Å². The molecule has 0 saturated carbocycles. The van der Waals surface area contributed by atoms with Crippen LogP contribution >= 0.6 is 0 Å². The monoisotopic (exact) mass is 230 g/mol. The topological polar surface area (TPSA) is 124 Å². The minimum absolute atomic E-state index is 0.209. The molecule has 0 aromatic carbocycles. The highest BCUT2D eigenvalue weighted by Crippen LogP contribution is 2.10. The lowest BCUT2D eigenvalue weighted by Crippen LogP contribution is -2.45. The molecule has 16 heavy (non-hydrogen) atoms. The van der Waals surface area contributed by atoms with Crippen LogP contribution in [0.4, 0.5) is 0 Å². The first-order valence-electron chi connectivity index (χ1n) is 4.41. The second kappa shape index (κ2) is 4.71. The minimum Gasteiger partial charge on any atom is -0.480 e. The van der Waals surface area contributed by atoms with E-state index in [9.17, 15) is 19.2 Å². The average Bonchev–Trinajstić information content (AvgIpc) is 2.42. The van der Waals surface area contributed by atoms with Gasteiger partial charge in [-0.05, 0) is 0 Å². The molecule has 1 atom stereocenters. The van der Waals surface area contributed by atoms with Crippen LogP contribution in [-0.4, -0.2) is 58.0 Å². The molecule has 0 aliphatic carbocycles. The van der Waals surface area contributed by atoms with Crippen molar-refractivity contribution in [2.75, 3.05) is 13.1 Å². The van der Waals surface area contributed by atoms with Crippen LogP contribution in [0.15, 0.2) is 0 Å². The highest BCUT2D eigenvalue weighted by Gasteiger charge is 2.36. The summed E-state index contributed by atoms with van der Waals surface area (Å²) in [6.07, 6.45) is -0.209. The fraction of sp³-hybridized carbons (Fsp3) is 0.500. The van der Waals surface area contributed by atoms with Crippen molar-refractivity contribution in [1.29, 1.82) is 0 Å². The number of carbonyl (C=O) groups excluding carboxylic acids is 2. The van der Waals surface area contributed by atoms with Crippen molar-refractivity contribution >= 4 is 23.8 Å². The number of amides is 2. The van der Waals surface area contributed by atoms with Crippen molar-refractivity contribution in [2.45, 2.75) is 12.5 Å². The summed E-state index contributed by atoms with van der Waals surface area (Å²) < 4.78 is 0. The number of nitrogens with one attached hydrogen (secondary N) is 1. The highest BCUT2D eigenvalue weighted by molar-refractivity contribution is 6.05. The fourth-order valence-corrected chi connectivity index (χ4v) is 1.46. The summed E-state index contributed by atoms with van der Waals surface area (Å²) in [5.74, 6) is -3.70. The van der Waals surface area contributed by atoms with Gasteiger partial charge in [0.05, 0.1) is 25.6 Å². The summed E-state index contributed by atoms with van der Waals surface area (Å²) in [7, 11) is 0. The Morgan fingerprint density at radius 3 is 2.06 bits per heavy atom. The maximum atomic E-state index is 11.2. The van der Waals surface area contributed by atoms with E-state index in [0.717, 1.165) is 4.90 Å². The van der Waals surface area contributed by atoms with Gasteiger partial charge in [-0.15, -0.1) is 0 Å². The molecule has 1 heterocycles. The van der Waals surface area contributed by atoms with Gasteiger partial charge in [-0.25, -0.2) is 0 Å². The van der Waals surface area contributed by atoms with Gasteiger partial charge < -0.3 is 10.2 Å². The summed E-state index contributed by atoms with van der Waals surface area (Å²) in [6, 6.07) is -1.01. The van der Waals surface area contributed by atoms with Gasteiger partial charge in [0.25, 0.3) is 0 Å². The van der Waals surface area contributed by atoms with E-state index in [2.05, 4.69) is 0 Å². The molecule has 3 N–H and O–H groups in total. The third kappa shape index (κ3) is 3.02. The summed E-state index contributed by atoms with van der Waals surface area (Å²) in [5.41, 5.74) is 0. The predicted molar refractivity (Wildman–Crippen MR) is 48.4 cm³/mol. The Hall–Kier alpha value is -1.96. The zero-order valence-electron chi connectivity index (χ0n) is 8.17. The normalized spacial score (nSPS) is 19.9. The zero-order chi connectivity index (χ0) is 12.3. The smallest absolute Gasteiger partial charge is 0.317 e. The van der Waals surface area contributed by atoms with Gasteiger partial charge in [0.2, 0.25) is 11.8 Å². The number of hydrogen-bond acceptors (Lipinski definition) is 5. The summed E-state index contributed by atoms with van der Waals surface area (Å²) in [4.78, 5) is 44.0. The number of carboxylic acids is 2. The third-order valence-corrected chi connectivity index (χ3v) is 2.06. The minimum atomic E-state index is -1.26. The standard InChI is InChI=1S/C8H10N2O6/c11-5-1-4(8(16)9-5)10(2-6(12)13)3-7(14)15/h4H,1-3H2,(H,12,13)(H,14,15)(H,9,11,16). The van der Waals surface area contributed by atoms with Gasteiger partial charge in [-0.1, -0.05) is 0 Å². The molecule has 2 amide bonds. The molecule has 1 aliphatic heterocycles. The Bertz CT molecular complexity index is 336. The molecule has 1 aliphatic rings. The van der Waals surface area contributed by atoms with Gasteiger partial charge in [0.15, 0.2) is 0 Å². The average molecular weight is 230 g/mol. The number of carboxylic acid groups (broad SMARTS) is 2. The van der Waals surface area contributed by atoms with Crippen molar-refractivity contribution in [3.63, 3.8) is 0 Å². The van der Waals surface area contributed by atoms with Crippen LogP contribution in [-0.2, 0) is 19.2 Å². The van der Waals surface area contributed by atoms with Gasteiger partial charge in [0.1, 0.15) is 0 Å². The molecule has 8 heteroatoms. The van der Waals surface area contributed by atoms with Crippen molar-refractivity contribution in [1.82, 2.24) is 10.2 Å². The molecule has 88 valence electrons. The molecular weight excluding hydrogens is 220 g/mol. The molecule has 0 aromatic heterocycles. The molecule has 1 rings (SSSR count). The van der Waals surface area contributed by atoms with E-state index in [1.54, 1.807) is 0 Å². The van der Waals surface area contributed by atoms with Crippen LogP contribution < -0.4 is 5.32 Å². The van der Waals surface area contributed by atoms with E-state index in [1.165, 1.54) is 0 Å². The van der Waals surface area contributed by atoms with Crippen molar-refractivity contribution in [3.05, 3.63) is 0 Å². The van der Waals surface area contributed by atoms with Crippen LogP contribution in [0.25, 0.3) is 0 Å². The SMILES string of the molecule is O=C(O)CN(CC(=O)O)C1CC(=O)NC1=O. The van der Waals surface area contributed by atoms with Crippen molar-refractivity contribution < 1.29 is 29.4 Å². The van der Waals surface area contributed by atoms with E-state index < -0.39 is 42.9 Å². The first-order chi connectivity index (χ1) is 7.40. The molecule has 0 radical (unpaired) electrons. The fourth-order valence-electron chi connectivity index (χ4n) is 1.46. The molecular formula is C8H10N2O6. The van der Waals surface area contributed by atoms with Crippen molar-refractivity contribution in [2.24, 2.45) is 0 Å². The van der Waals surface area contributed by atoms with E-state index in [1.807, 2.05) is 5.32 Å². The maximum absolute atomic E-state index is 11.2. The first kappa shape index (κ1) is 12.1. The van der Waals surface area contributed by atoms with E-state index in [-0.39, 0.29) is 6.42 Å². The maximum Gasteiger partial charge on any atom is 0.317 e. The Kier molecular flexibility index (Phi) is 3.56. The predicted octanol–water partition coefficient (Wildman–Crippen LogP) is -2.13. The van der Waals surface area contributed by atoms with Crippen LogP contribution in [0.3, 0.4) is 0 Å². The van der Waals surface area contributed by atoms with Gasteiger partial charge >= 0.3 is 11.9 Å². The van der Waals surface area contributed by atoms with E-state index in [0.29, 0.717) is 0 Å². The number of rotatable bonds is 5. The summed E-state index contributed by atoms with van der Waals surface area (Å²) in [6.45, 7) is -1.20. The highest BCUT2D eigenvalue weighted by atomic mass is 16.4. The quantitative estimate of drug-likeness (QED) is 0.461. The molecule has 8 nitrogen and oxygen atoms in total. The van der Waals surface area contributed by atoms with Crippen LogP contribution in [0.5, 0.6) is 0 Å². The Balaban J connectivity index is 2.75. The number of nitrogens with zero attached hydrogens (tertiary/aromatic N) is 1. The molecule has 1 saturated heterocycles. The number of imide groups is 1. The number of aliphatic carboxylic acids is 2. The largest absolute Gasteiger partial charge is 0.480 e. The molecule has 1 fully saturated rings.